The number of nitrogens with zero attached hydrogens (tertiary/aromatic N) is 2. The van der Waals surface area contributed by atoms with Crippen molar-refractivity contribution in [2.24, 2.45) is 0 Å². The molecule has 4 heteroatoms. The average molecular weight is 262 g/mol. The van der Waals surface area contributed by atoms with E-state index >= 15 is 0 Å². The lowest BCUT2D eigenvalue weighted by molar-refractivity contribution is -0.137. The third-order valence-corrected chi connectivity index (χ3v) is 4.15. The van der Waals surface area contributed by atoms with Crippen LogP contribution in [-0.2, 0) is 9.59 Å². The van der Waals surface area contributed by atoms with E-state index in [9.17, 15) is 9.59 Å². The Morgan fingerprint density at radius 3 is 2.11 bits per heavy atom. The molecule has 0 aromatic heterocycles. The highest BCUT2D eigenvalue weighted by Crippen LogP contribution is 2.21. The molecule has 0 aliphatic carbocycles. The Hall–Kier alpha value is -1.34. The summed E-state index contributed by atoms with van der Waals surface area (Å²) in [6.07, 6.45) is 4.45. The lowest BCUT2D eigenvalue weighted by Gasteiger charge is -2.37. The van der Waals surface area contributed by atoms with Gasteiger partial charge in [0, 0.05) is 24.9 Å². The molecule has 104 valence electrons. The van der Waals surface area contributed by atoms with E-state index in [1.807, 2.05) is 0 Å². The van der Waals surface area contributed by atoms with Crippen LogP contribution in [0.25, 0.3) is 0 Å². The Labute approximate surface area is 115 Å². The molecular formula is C15H22N2O2. The number of likely N-dealkylation sites (tertiary alicyclic amines) is 2. The molecule has 2 fully saturated rings. The molecule has 2 atom stereocenters. The van der Waals surface area contributed by atoms with Crippen molar-refractivity contribution in [3.63, 3.8) is 0 Å². The summed E-state index contributed by atoms with van der Waals surface area (Å²) in [4.78, 5) is 26.5. The second-order valence-corrected chi connectivity index (χ2v) is 5.53. The molecular weight excluding hydrogens is 240 g/mol. The van der Waals surface area contributed by atoms with E-state index in [2.05, 4.69) is 30.6 Å². The van der Waals surface area contributed by atoms with Crippen LogP contribution >= 0.6 is 0 Å². The Balaban J connectivity index is 1.83. The number of amides is 2. The first-order valence-corrected chi connectivity index (χ1v) is 7.14. The van der Waals surface area contributed by atoms with Crippen molar-refractivity contribution in [3.8, 4) is 11.8 Å². The van der Waals surface area contributed by atoms with Crippen LogP contribution in [0.5, 0.6) is 0 Å². The van der Waals surface area contributed by atoms with Gasteiger partial charge in [0.1, 0.15) is 0 Å². The average Bonchev–Trinajstić information content (AvgIpc) is 2.68. The van der Waals surface area contributed by atoms with E-state index in [-0.39, 0.29) is 18.4 Å². The fraction of sp³-hybridized carbons (Fsp3) is 0.733. The van der Waals surface area contributed by atoms with Gasteiger partial charge in [-0.25, -0.2) is 0 Å². The fourth-order valence-electron chi connectivity index (χ4n) is 2.87. The monoisotopic (exact) mass is 262 g/mol. The zero-order valence-corrected chi connectivity index (χ0v) is 11.8. The molecule has 0 aromatic carbocycles. The maximum absolute atomic E-state index is 11.4. The molecule has 2 aliphatic heterocycles. The van der Waals surface area contributed by atoms with Crippen molar-refractivity contribution in [2.45, 2.75) is 58.0 Å². The Kier molecular flexibility index (Phi) is 4.60. The highest BCUT2D eigenvalue weighted by Gasteiger charge is 2.27. The summed E-state index contributed by atoms with van der Waals surface area (Å²) < 4.78 is 0. The molecule has 0 bridgehead atoms. The number of imide groups is 1. The van der Waals surface area contributed by atoms with Gasteiger partial charge in [0.15, 0.2) is 0 Å². The minimum atomic E-state index is -0.0843. The first-order valence-electron chi connectivity index (χ1n) is 7.14. The van der Waals surface area contributed by atoms with Crippen LogP contribution in [-0.4, -0.2) is 46.8 Å². The SMILES string of the molecule is C[C@@H]1CCC[C@H](C)N1CC#CCN1C(=O)CCC1=O. The van der Waals surface area contributed by atoms with Crippen LogP contribution in [0.1, 0.15) is 46.0 Å². The first-order chi connectivity index (χ1) is 9.09. The Morgan fingerprint density at radius 1 is 1.00 bits per heavy atom. The summed E-state index contributed by atoms with van der Waals surface area (Å²) >= 11 is 0. The molecule has 2 rings (SSSR count). The molecule has 4 nitrogen and oxygen atoms in total. The van der Waals surface area contributed by atoms with Crippen molar-refractivity contribution in [3.05, 3.63) is 0 Å². The summed E-state index contributed by atoms with van der Waals surface area (Å²) in [6.45, 7) is 5.47. The molecule has 2 amide bonds. The topological polar surface area (TPSA) is 40.6 Å². The van der Waals surface area contributed by atoms with Gasteiger partial charge in [-0.05, 0) is 26.7 Å². The van der Waals surface area contributed by atoms with Crippen LogP contribution in [0, 0.1) is 11.8 Å². The number of carbonyl (C=O) groups excluding carboxylic acids is 2. The van der Waals surface area contributed by atoms with Crippen LogP contribution in [0.15, 0.2) is 0 Å². The Bertz CT molecular complexity index is 396. The molecule has 0 radical (unpaired) electrons. The summed E-state index contributed by atoms with van der Waals surface area (Å²) in [5.41, 5.74) is 0. The molecule has 0 unspecified atom stereocenters. The molecule has 2 saturated heterocycles. The summed E-state index contributed by atoms with van der Waals surface area (Å²) in [5.74, 6) is 5.91. The van der Waals surface area contributed by atoms with Gasteiger partial charge in [0.25, 0.3) is 0 Å². The van der Waals surface area contributed by atoms with Gasteiger partial charge in [-0.1, -0.05) is 18.3 Å². The second-order valence-electron chi connectivity index (χ2n) is 5.53. The van der Waals surface area contributed by atoms with Crippen LogP contribution in [0.3, 0.4) is 0 Å². The molecule has 0 N–H and O–H groups in total. The smallest absolute Gasteiger partial charge is 0.230 e. The largest absolute Gasteiger partial charge is 0.287 e. The van der Waals surface area contributed by atoms with Crippen molar-refractivity contribution < 1.29 is 9.59 Å². The normalized spacial score (nSPS) is 28.4. The van der Waals surface area contributed by atoms with E-state index in [4.69, 9.17) is 0 Å². The van der Waals surface area contributed by atoms with Crippen LogP contribution in [0.4, 0.5) is 0 Å². The number of piperidine rings is 1. The van der Waals surface area contributed by atoms with Gasteiger partial charge in [-0.3, -0.25) is 19.4 Å². The van der Waals surface area contributed by atoms with Crippen molar-refractivity contribution in [1.82, 2.24) is 9.80 Å². The summed E-state index contributed by atoms with van der Waals surface area (Å²) in [6, 6.07) is 1.15. The Morgan fingerprint density at radius 2 is 1.53 bits per heavy atom. The number of carbonyl (C=O) groups is 2. The predicted molar refractivity (Wildman–Crippen MR) is 73.2 cm³/mol. The second kappa shape index (κ2) is 6.21. The fourth-order valence-corrected chi connectivity index (χ4v) is 2.87. The third kappa shape index (κ3) is 3.36. The maximum Gasteiger partial charge on any atom is 0.230 e. The molecule has 2 aliphatic rings. The van der Waals surface area contributed by atoms with Gasteiger partial charge < -0.3 is 0 Å². The van der Waals surface area contributed by atoms with Crippen LogP contribution < -0.4 is 0 Å². The van der Waals surface area contributed by atoms with Crippen molar-refractivity contribution in [1.29, 1.82) is 0 Å². The van der Waals surface area contributed by atoms with Gasteiger partial charge in [-0.15, -0.1) is 0 Å². The van der Waals surface area contributed by atoms with Gasteiger partial charge in [-0.2, -0.15) is 0 Å². The lowest BCUT2D eigenvalue weighted by Crippen LogP contribution is -2.43. The third-order valence-electron chi connectivity index (χ3n) is 4.15. The molecule has 19 heavy (non-hydrogen) atoms. The summed E-state index contributed by atoms with van der Waals surface area (Å²) in [7, 11) is 0. The number of hydrogen-bond donors (Lipinski definition) is 0. The van der Waals surface area contributed by atoms with E-state index in [0.29, 0.717) is 24.9 Å². The number of rotatable bonds is 2. The summed E-state index contributed by atoms with van der Waals surface area (Å²) in [5, 5.41) is 0. The van der Waals surface area contributed by atoms with Gasteiger partial charge in [0.05, 0.1) is 13.1 Å². The van der Waals surface area contributed by atoms with Crippen molar-refractivity contribution >= 4 is 11.8 Å². The maximum atomic E-state index is 11.4. The van der Waals surface area contributed by atoms with E-state index < -0.39 is 0 Å². The van der Waals surface area contributed by atoms with Crippen LogP contribution in [0.2, 0.25) is 0 Å². The van der Waals surface area contributed by atoms with E-state index in [1.54, 1.807) is 0 Å². The van der Waals surface area contributed by atoms with E-state index in [0.717, 1.165) is 6.54 Å². The quantitative estimate of drug-likeness (QED) is 0.558. The molecule has 0 aromatic rings. The minimum Gasteiger partial charge on any atom is -0.287 e. The molecule has 2 heterocycles. The zero-order chi connectivity index (χ0) is 13.8. The lowest BCUT2D eigenvalue weighted by atomic mass is 9.98. The van der Waals surface area contributed by atoms with Crippen molar-refractivity contribution in [2.75, 3.05) is 13.1 Å². The zero-order valence-electron chi connectivity index (χ0n) is 11.8. The predicted octanol–water partition coefficient (Wildman–Crippen LogP) is 1.40. The highest BCUT2D eigenvalue weighted by molar-refractivity contribution is 6.02. The number of hydrogen-bond acceptors (Lipinski definition) is 3. The first kappa shape index (κ1) is 14.1. The van der Waals surface area contributed by atoms with Gasteiger partial charge >= 0.3 is 0 Å². The van der Waals surface area contributed by atoms with E-state index in [1.165, 1.54) is 24.2 Å². The van der Waals surface area contributed by atoms with Gasteiger partial charge in [0.2, 0.25) is 11.8 Å². The standard InChI is InChI=1S/C15H22N2O2/c1-12-6-5-7-13(2)16(12)10-3-4-11-17-14(18)8-9-15(17)19/h12-13H,5-11H2,1-2H3/t12-,13+. The molecule has 0 spiro atoms. The minimum absolute atomic E-state index is 0.0843. The molecule has 0 saturated carbocycles. The highest BCUT2D eigenvalue weighted by atomic mass is 16.2.